The van der Waals surface area contributed by atoms with E-state index in [-0.39, 0.29) is 0 Å². The number of rotatable bonds is 3. The summed E-state index contributed by atoms with van der Waals surface area (Å²) in [5, 5.41) is 8.33. The maximum absolute atomic E-state index is 6.08. The van der Waals surface area contributed by atoms with Crippen molar-refractivity contribution >= 4 is 17.0 Å². The van der Waals surface area contributed by atoms with Gasteiger partial charge >= 0.3 is 0 Å². The van der Waals surface area contributed by atoms with Gasteiger partial charge in [-0.1, -0.05) is 59.8 Å². The lowest BCUT2D eigenvalue weighted by atomic mass is 10.1. The standard InChI is InChI=1S/C18H16N6/c1-12-7-5-6-10-14(12)17-20-16(19)15-18(21-17)24(23-22-15)11-13-8-3-2-4-9-13/h2-10H,11H2,1H3,(H2,19,20,21). The predicted molar refractivity (Wildman–Crippen MR) is 93.2 cm³/mol. The van der Waals surface area contributed by atoms with Crippen LogP contribution in [0.4, 0.5) is 5.82 Å². The highest BCUT2D eigenvalue weighted by Gasteiger charge is 2.15. The second-order valence-electron chi connectivity index (χ2n) is 5.65. The lowest BCUT2D eigenvalue weighted by molar-refractivity contribution is 0.664. The number of nitrogens with two attached hydrogens (primary N) is 1. The third kappa shape index (κ3) is 2.48. The van der Waals surface area contributed by atoms with E-state index in [9.17, 15) is 0 Å². The molecule has 2 N–H and O–H groups in total. The van der Waals surface area contributed by atoms with Crippen molar-refractivity contribution in [3.63, 3.8) is 0 Å². The molecule has 4 aromatic rings. The van der Waals surface area contributed by atoms with Gasteiger partial charge < -0.3 is 5.73 Å². The summed E-state index contributed by atoms with van der Waals surface area (Å²) in [6, 6.07) is 18.0. The molecule has 0 saturated carbocycles. The van der Waals surface area contributed by atoms with Crippen molar-refractivity contribution in [2.24, 2.45) is 0 Å². The maximum Gasteiger partial charge on any atom is 0.184 e. The molecule has 0 unspecified atom stereocenters. The molecule has 0 aliphatic rings. The minimum Gasteiger partial charge on any atom is -0.382 e. The Bertz CT molecular complexity index is 1010. The van der Waals surface area contributed by atoms with E-state index in [1.54, 1.807) is 4.68 Å². The van der Waals surface area contributed by atoms with Gasteiger partial charge in [-0.3, -0.25) is 0 Å². The van der Waals surface area contributed by atoms with Crippen LogP contribution in [0.3, 0.4) is 0 Å². The summed E-state index contributed by atoms with van der Waals surface area (Å²) < 4.78 is 1.75. The van der Waals surface area contributed by atoms with Gasteiger partial charge in [0.1, 0.15) is 0 Å². The fourth-order valence-electron chi connectivity index (χ4n) is 2.68. The Morgan fingerprint density at radius 2 is 1.71 bits per heavy atom. The number of fused-ring (bicyclic) bond motifs is 1. The largest absolute Gasteiger partial charge is 0.382 e. The molecule has 0 amide bonds. The van der Waals surface area contributed by atoms with Crippen LogP contribution in [0.25, 0.3) is 22.6 Å². The molecule has 118 valence electrons. The van der Waals surface area contributed by atoms with Gasteiger partial charge in [0.05, 0.1) is 6.54 Å². The number of anilines is 1. The molecule has 0 atom stereocenters. The Balaban J connectivity index is 1.85. The molecule has 0 bridgehead atoms. The Labute approximate surface area is 139 Å². The van der Waals surface area contributed by atoms with Gasteiger partial charge in [-0.05, 0) is 18.1 Å². The number of hydrogen-bond acceptors (Lipinski definition) is 5. The molecule has 6 heteroatoms. The van der Waals surface area contributed by atoms with Gasteiger partial charge in [0.2, 0.25) is 0 Å². The van der Waals surface area contributed by atoms with Crippen LogP contribution in [0, 0.1) is 6.92 Å². The number of nitrogen functional groups attached to an aromatic ring is 1. The lowest BCUT2D eigenvalue weighted by Crippen LogP contribution is -2.05. The van der Waals surface area contributed by atoms with Crippen LogP contribution >= 0.6 is 0 Å². The monoisotopic (exact) mass is 316 g/mol. The van der Waals surface area contributed by atoms with E-state index >= 15 is 0 Å². The number of benzene rings is 2. The van der Waals surface area contributed by atoms with E-state index in [1.807, 2.05) is 61.5 Å². The zero-order chi connectivity index (χ0) is 16.5. The van der Waals surface area contributed by atoms with Crippen molar-refractivity contribution in [1.82, 2.24) is 25.0 Å². The van der Waals surface area contributed by atoms with Crippen molar-refractivity contribution in [2.45, 2.75) is 13.5 Å². The van der Waals surface area contributed by atoms with Gasteiger partial charge in [-0.15, -0.1) is 5.10 Å². The molecule has 0 aliphatic heterocycles. The zero-order valence-corrected chi connectivity index (χ0v) is 13.2. The molecular weight excluding hydrogens is 300 g/mol. The first kappa shape index (κ1) is 14.3. The average molecular weight is 316 g/mol. The van der Waals surface area contributed by atoms with E-state index < -0.39 is 0 Å². The number of aryl methyl sites for hydroxylation is 1. The smallest absolute Gasteiger partial charge is 0.184 e. The summed E-state index contributed by atoms with van der Waals surface area (Å²) in [5.74, 6) is 0.937. The predicted octanol–water partition coefficient (Wildman–Crippen LogP) is 2.83. The second kappa shape index (κ2) is 5.73. The molecule has 4 rings (SSSR count). The first-order valence-corrected chi connectivity index (χ1v) is 7.69. The third-order valence-corrected chi connectivity index (χ3v) is 3.95. The summed E-state index contributed by atoms with van der Waals surface area (Å²) in [7, 11) is 0. The Hall–Kier alpha value is -3.28. The molecule has 0 aliphatic carbocycles. The van der Waals surface area contributed by atoms with E-state index in [1.165, 1.54) is 0 Å². The molecule has 2 aromatic heterocycles. The summed E-state index contributed by atoms with van der Waals surface area (Å²) in [6.07, 6.45) is 0. The normalized spacial score (nSPS) is 11.0. The van der Waals surface area contributed by atoms with Gasteiger partial charge in [-0.25, -0.2) is 14.6 Å². The van der Waals surface area contributed by atoms with E-state index in [0.717, 1.165) is 16.7 Å². The molecule has 2 aromatic carbocycles. The van der Waals surface area contributed by atoms with E-state index in [4.69, 9.17) is 5.73 Å². The van der Waals surface area contributed by atoms with Crippen molar-refractivity contribution < 1.29 is 0 Å². The number of hydrogen-bond donors (Lipinski definition) is 1. The minimum atomic E-state index is 0.345. The molecule has 24 heavy (non-hydrogen) atoms. The fourth-order valence-corrected chi connectivity index (χ4v) is 2.68. The molecule has 2 heterocycles. The summed E-state index contributed by atoms with van der Waals surface area (Å²) in [4.78, 5) is 9.07. The van der Waals surface area contributed by atoms with Crippen LogP contribution in [0.2, 0.25) is 0 Å². The van der Waals surface area contributed by atoms with Crippen LogP contribution in [0.5, 0.6) is 0 Å². The molecule has 0 spiro atoms. The third-order valence-electron chi connectivity index (χ3n) is 3.95. The van der Waals surface area contributed by atoms with Crippen LogP contribution in [0.15, 0.2) is 54.6 Å². The Morgan fingerprint density at radius 1 is 0.958 bits per heavy atom. The summed E-state index contributed by atoms with van der Waals surface area (Å²) in [6.45, 7) is 2.61. The lowest BCUT2D eigenvalue weighted by Gasteiger charge is -2.06. The van der Waals surface area contributed by atoms with E-state index in [0.29, 0.717) is 29.4 Å². The first-order valence-electron chi connectivity index (χ1n) is 7.69. The molecular formula is C18H16N6. The van der Waals surface area contributed by atoms with Crippen molar-refractivity contribution in [2.75, 3.05) is 5.73 Å². The first-order chi connectivity index (χ1) is 11.7. The highest BCUT2D eigenvalue weighted by molar-refractivity contribution is 5.83. The Kier molecular flexibility index (Phi) is 3.42. The quantitative estimate of drug-likeness (QED) is 0.628. The average Bonchev–Trinajstić information content (AvgIpc) is 3.00. The highest BCUT2D eigenvalue weighted by Crippen LogP contribution is 2.24. The molecule has 0 saturated heterocycles. The second-order valence-corrected chi connectivity index (χ2v) is 5.65. The van der Waals surface area contributed by atoms with Crippen molar-refractivity contribution in [1.29, 1.82) is 0 Å². The zero-order valence-electron chi connectivity index (χ0n) is 13.2. The fraction of sp³-hybridized carbons (Fsp3) is 0.111. The van der Waals surface area contributed by atoms with Gasteiger partial charge in [0, 0.05) is 5.56 Å². The topological polar surface area (TPSA) is 82.5 Å². The van der Waals surface area contributed by atoms with Gasteiger partial charge in [-0.2, -0.15) is 0 Å². The molecule has 0 fully saturated rings. The maximum atomic E-state index is 6.08. The van der Waals surface area contributed by atoms with Crippen molar-refractivity contribution in [3.8, 4) is 11.4 Å². The van der Waals surface area contributed by atoms with Crippen LogP contribution in [-0.4, -0.2) is 25.0 Å². The summed E-state index contributed by atoms with van der Waals surface area (Å²) >= 11 is 0. The summed E-state index contributed by atoms with van der Waals surface area (Å²) in [5.41, 5.74) is 10.4. The minimum absolute atomic E-state index is 0.345. The highest BCUT2D eigenvalue weighted by atomic mass is 15.4. The molecule has 0 radical (unpaired) electrons. The van der Waals surface area contributed by atoms with Gasteiger partial charge in [0.15, 0.2) is 22.8 Å². The number of aromatic nitrogens is 5. The SMILES string of the molecule is Cc1ccccc1-c1nc(N)c2nnn(Cc3ccccc3)c2n1. The van der Waals surface area contributed by atoms with Crippen LogP contribution in [-0.2, 0) is 6.54 Å². The van der Waals surface area contributed by atoms with Crippen molar-refractivity contribution in [3.05, 3.63) is 65.7 Å². The van der Waals surface area contributed by atoms with Gasteiger partial charge in [0.25, 0.3) is 0 Å². The molecule has 6 nitrogen and oxygen atoms in total. The Morgan fingerprint density at radius 3 is 2.50 bits per heavy atom. The number of nitrogens with zero attached hydrogens (tertiary/aromatic N) is 5. The van der Waals surface area contributed by atoms with E-state index in [2.05, 4.69) is 20.3 Å². The van der Waals surface area contributed by atoms with Crippen LogP contribution < -0.4 is 5.73 Å². The van der Waals surface area contributed by atoms with Crippen LogP contribution in [0.1, 0.15) is 11.1 Å².